The van der Waals surface area contributed by atoms with Crippen LogP contribution in [0.1, 0.15) is 110 Å². The molecule has 0 bridgehead atoms. The molecule has 5 unspecified atom stereocenters. The molecule has 1 saturated heterocycles. The highest BCUT2D eigenvalue weighted by atomic mass is 32.2. The molecule has 3 fully saturated rings. The number of fused-ring (bicyclic) bond motifs is 1. The van der Waals surface area contributed by atoms with Gasteiger partial charge in [-0.3, -0.25) is 23.9 Å². The zero-order valence-electron chi connectivity index (χ0n) is 32.9. The number of benzene rings is 1. The van der Waals surface area contributed by atoms with E-state index in [2.05, 4.69) is 27.5 Å². The summed E-state index contributed by atoms with van der Waals surface area (Å²) in [6, 6.07) is 4.19. The fourth-order valence-electron chi connectivity index (χ4n) is 7.81. The van der Waals surface area contributed by atoms with E-state index in [0.29, 0.717) is 38.8 Å². The summed E-state index contributed by atoms with van der Waals surface area (Å²) in [5.41, 5.74) is 1.24. The summed E-state index contributed by atoms with van der Waals surface area (Å²) in [6.45, 7) is 12.9. The lowest BCUT2D eigenvalue weighted by molar-refractivity contribution is -0.143. The Balaban J connectivity index is 1.17. The number of sulfonamides is 1. The number of hydrogen-bond acceptors (Lipinski definition) is 9. The number of alkyl carbamates (subject to hydrolysis) is 1. The van der Waals surface area contributed by atoms with E-state index in [1.807, 2.05) is 47.6 Å². The molecule has 5 atom stereocenters. The predicted molar refractivity (Wildman–Crippen MR) is 201 cm³/mol. The van der Waals surface area contributed by atoms with Gasteiger partial charge in [0.2, 0.25) is 28.2 Å². The largest absolute Gasteiger partial charge is 0.449 e. The molecule has 5 amide bonds. The second-order valence-electron chi connectivity index (χ2n) is 17.5. The number of likely N-dealkylation sites (tertiary alicyclic amines) is 1. The minimum atomic E-state index is -3.82. The van der Waals surface area contributed by atoms with Gasteiger partial charge >= 0.3 is 6.09 Å². The molecule has 2 saturated carbocycles. The van der Waals surface area contributed by atoms with Gasteiger partial charge in [0.05, 0.1) is 18.0 Å². The smallest absolute Gasteiger partial charge is 0.407 e. The molecule has 1 aromatic rings. The van der Waals surface area contributed by atoms with Gasteiger partial charge in [-0.2, -0.15) is 0 Å². The number of unbranched alkanes of at least 4 members (excludes halogenated alkanes) is 1. The molecule has 1 aromatic carbocycles. The van der Waals surface area contributed by atoms with Crippen LogP contribution in [-0.4, -0.2) is 97.7 Å². The van der Waals surface area contributed by atoms with Gasteiger partial charge < -0.3 is 29.9 Å². The van der Waals surface area contributed by atoms with Crippen molar-refractivity contribution in [2.24, 2.45) is 16.7 Å². The number of amides is 5. The molecule has 0 spiro atoms. The SMILES string of the molecule is CCC1CC1(NC(=O)C1CC(OC)CN1C(=O)C(NC(=O)OCC(C)(C)CCCCc1cccc2c1CN(C=O)C2)C(C)(C)C)C(=O)NS(=O)(=O)C1CC1. The van der Waals surface area contributed by atoms with Gasteiger partial charge in [0, 0.05) is 33.2 Å². The van der Waals surface area contributed by atoms with Crippen LogP contribution in [0.5, 0.6) is 0 Å². The van der Waals surface area contributed by atoms with Crippen molar-refractivity contribution >= 4 is 40.2 Å². The predicted octanol–water partition coefficient (Wildman–Crippen LogP) is 3.55. The number of nitrogens with zero attached hydrogens (tertiary/aromatic N) is 2. The minimum absolute atomic E-state index is 0.0946. The Morgan fingerprint density at radius 3 is 2.41 bits per heavy atom. The summed E-state index contributed by atoms with van der Waals surface area (Å²) in [5, 5.41) is 5.01. The zero-order valence-corrected chi connectivity index (χ0v) is 33.7. The third kappa shape index (κ3) is 9.55. The standard InChI is InChI=1S/C39H59N5O9S/c1-8-27-19-39(27,35(48)42-54(50,51)29-15-16-29)41-33(46)31-18-28(52-7)21-44(31)34(47)32(37(2,3)4)40-36(49)53-23-38(5,6)17-10-9-12-25-13-11-14-26-20-43(24-45)22-30(25)26/h11,13-14,24,27-29,31-32H,8-10,12,15-23H2,1-7H3,(H,40,49)(H,41,46)(H,42,48). The molecule has 300 valence electrons. The highest BCUT2D eigenvalue weighted by Gasteiger charge is 2.62. The molecule has 15 heteroatoms. The molecule has 14 nitrogen and oxygen atoms in total. The Morgan fingerprint density at radius 2 is 1.80 bits per heavy atom. The number of ether oxygens (including phenoxy) is 2. The number of hydrogen-bond donors (Lipinski definition) is 3. The zero-order chi connectivity index (χ0) is 39.6. The maximum Gasteiger partial charge on any atom is 0.407 e. The van der Waals surface area contributed by atoms with Crippen molar-refractivity contribution in [2.75, 3.05) is 20.3 Å². The van der Waals surface area contributed by atoms with E-state index in [1.54, 1.807) is 4.90 Å². The van der Waals surface area contributed by atoms with E-state index in [9.17, 15) is 32.4 Å². The quantitative estimate of drug-likeness (QED) is 0.158. The lowest BCUT2D eigenvalue weighted by Gasteiger charge is -2.35. The maximum absolute atomic E-state index is 14.2. The van der Waals surface area contributed by atoms with Crippen molar-refractivity contribution in [3.05, 3.63) is 34.9 Å². The van der Waals surface area contributed by atoms with Crippen LogP contribution in [0.15, 0.2) is 18.2 Å². The molecule has 3 N–H and O–H groups in total. The molecular weight excluding hydrogens is 715 g/mol. The van der Waals surface area contributed by atoms with E-state index in [0.717, 1.165) is 32.1 Å². The van der Waals surface area contributed by atoms with Crippen LogP contribution >= 0.6 is 0 Å². The van der Waals surface area contributed by atoms with Crippen LogP contribution in [0.3, 0.4) is 0 Å². The lowest BCUT2D eigenvalue weighted by atomic mass is 9.85. The van der Waals surface area contributed by atoms with Crippen LogP contribution < -0.4 is 15.4 Å². The van der Waals surface area contributed by atoms with Gasteiger partial charge in [-0.1, -0.05) is 72.6 Å². The average Bonchev–Trinajstić information content (AvgIpc) is 4.00. The van der Waals surface area contributed by atoms with Crippen LogP contribution in [0.25, 0.3) is 0 Å². The number of rotatable bonds is 17. The fraction of sp³-hybridized carbons (Fsp3) is 0.718. The highest BCUT2D eigenvalue weighted by Crippen LogP contribution is 2.47. The van der Waals surface area contributed by atoms with Crippen molar-refractivity contribution in [3.63, 3.8) is 0 Å². The van der Waals surface area contributed by atoms with Crippen LogP contribution in [0, 0.1) is 16.7 Å². The van der Waals surface area contributed by atoms with Crippen LogP contribution in [0.2, 0.25) is 0 Å². The fourth-order valence-corrected chi connectivity index (χ4v) is 9.17. The second-order valence-corrected chi connectivity index (χ2v) is 19.5. The van der Waals surface area contributed by atoms with Crippen molar-refractivity contribution in [2.45, 2.75) is 141 Å². The van der Waals surface area contributed by atoms with Crippen molar-refractivity contribution < 1.29 is 41.9 Å². The Hall–Kier alpha value is -3.72. The molecule has 0 aromatic heterocycles. The number of aryl methyl sites for hydroxylation is 1. The van der Waals surface area contributed by atoms with Gasteiger partial charge in [-0.05, 0) is 72.0 Å². The second kappa shape index (κ2) is 16.2. The number of nitrogens with one attached hydrogen (secondary N) is 3. The molecule has 2 heterocycles. The summed E-state index contributed by atoms with van der Waals surface area (Å²) in [6.07, 6.45) is 5.26. The van der Waals surface area contributed by atoms with Gasteiger partial charge in [0.15, 0.2) is 0 Å². The first kappa shape index (κ1) is 41.4. The maximum atomic E-state index is 14.2. The van der Waals surface area contributed by atoms with Crippen LogP contribution in [-0.2, 0) is 58.2 Å². The van der Waals surface area contributed by atoms with Gasteiger partial charge in [0.25, 0.3) is 5.91 Å². The lowest BCUT2D eigenvalue weighted by Crippen LogP contribution is -2.60. The summed E-state index contributed by atoms with van der Waals surface area (Å²) < 4.78 is 38.6. The first-order chi connectivity index (χ1) is 25.3. The summed E-state index contributed by atoms with van der Waals surface area (Å²) in [5.74, 6) is -2.06. The van der Waals surface area contributed by atoms with Gasteiger partial charge in [-0.15, -0.1) is 0 Å². The Labute approximate surface area is 319 Å². The minimum Gasteiger partial charge on any atom is -0.449 e. The van der Waals surface area contributed by atoms with E-state index < -0.39 is 68.2 Å². The first-order valence-corrected chi connectivity index (χ1v) is 20.8. The Bertz CT molecular complexity index is 1710. The molecule has 0 radical (unpaired) electrons. The van der Waals surface area contributed by atoms with E-state index in [4.69, 9.17) is 9.47 Å². The topological polar surface area (TPSA) is 181 Å². The third-order valence-electron chi connectivity index (χ3n) is 11.5. The third-order valence-corrected chi connectivity index (χ3v) is 13.3. The normalized spacial score (nSPS) is 24.4. The summed E-state index contributed by atoms with van der Waals surface area (Å²) in [4.78, 5) is 69.2. The first-order valence-electron chi connectivity index (χ1n) is 19.3. The number of carbonyl (C=O) groups is 5. The summed E-state index contributed by atoms with van der Waals surface area (Å²) in [7, 11) is -2.33. The molecular formula is C39H59N5O9S. The molecule has 54 heavy (non-hydrogen) atoms. The van der Waals surface area contributed by atoms with E-state index in [-0.39, 0.29) is 30.9 Å². The van der Waals surface area contributed by atoms with Gasteiger partial charge in [0.1, 0.15) is 17.6 Å². The monoisotopic (exact) mass is 773 g/mol. The highest BCUT2D eigenvalue weighted by molar-refractivity contribution is 7.91. The Kier molecular flexibility index (Phi) is 12.4. The Morgan fingerprint density at radius 1 is 1.07 bits per heavy atom. The number of methoxy groups -OCH3 is 1. The van der Waals surface area contributed by atoms with Crippen LogP contribution in [0.4, 0.5) is 4.79 Å². The van der Waals surface area contributed by atoms with Crippen molar-refractivity contribution in [3.8, 4) is 0 Å². The van der Waals surface area contributed by atoms with Gasteiger partial charge in [-0.25, -0.2) is 13.2 Å². The molecule has 2 aliphatic carbocycles. The van der Waals surface area contributed by atoms with Crippen molar-refractivity contribution in [1.82, 2.24) is 25.2 Å². The summed E-state index contributed by atoms with van der Waals surface area (Å²) >= 11 is 0. The number of carbonyl (C=O) groups excluding carboxylic acids is 5. The molecule has 4 aliphatic rings. The average molecular weight is 774 g/mol. The van der Waals surface area contributed by atoms with E-state index in [1.165, 1.54) is 28.7 Å². The molecule has 5 rings (SSSR count). The molecule has 2 aliphatic heterocycles. The van der Waals surface area contributed by atoms with E-state index >= 15 is 0 Å². The van der Waals surface area contributed by atoms with Crippen molar-refractivity contribution in [1.29, 1.82) is 0 Å².